The first-order valence-electron chi connectivity index (χ1n) is 7.17. The first-order chi connectivity index (χ1) is 9.72. The zero-order valence-electron chi connectivity index (χ0n) is 12.5. The number of rotatable bonds is 9. The van der Waals surface area contributed by atoms with E-state index in [1.807, 2.05) is 44.2 Å². The van der Waals surface area contributed by atoms with Crippen molar-refractivity contribution in [3.8, 4) is 0 Å². The molecule has 0 aliphatic rings. The maximum atomic E-state index is 11.9. The zero-order valence-corrected chi connectivity index (χ0v) is 12.5. The van der Waals surface area contributed by atoms with Gasteiger partial charge < -0.3 is 14.2 Å². The van der Waals surface area contributed by atoms with Gasteiger partial charge in [0, 0.05) is 19.6 Å². The zero-order chi connectivity index (χ0) is 14.8. The molecule has 0 saturated heterocycles. The molecule has 0 aliphatic heterocycles. The monoisotopic (exact) mass is 280 g/mol. The fourth-order valence-corrected chi connectivity index (χ4v) is 2.03. The van der Waals surface area contributed by atoms with Gasteiger partial charge in [-0.1, -0.05) is 30.3 Å². The molecule has 0 fully saturated rings. The summed E-state index contributed by atoms with van der Waals surface area (Å²) in [5, 5.41) is 0. The summed E-state index contributed by atoms with van der Waals surface area (Å²) in [6.07, 6.45) is -0.288. The maximum Gasteiger partial charge on any atom is 0.335 e. The summed E-state index contributed by atoms with van der Waals surface area (Å²) in [6, 6.07) is 9.86. The van der Waals surface area contributed by atoms with Crippen LogP contribution in [0, 0.1) is 0 Å². The molecule has 0 aliphatic carbocycles. The van der Waals surface area contributed by atoms with E-state index in [1.54, 1.807) is 6.92 Å². The molecule has 0 heterocycles. The van der Waals surface area contributed by atoms with Crippen molar-refractivity contribution in [2.45, 2.75) is 39.4 Å². The van der Waals surface area contributed by atoms with Crippen molar-refractivity contribution in [3.63, 3.8) is 0 Å². The molecule has 4 heteroatoms. The minimum atomic E-state index is -0.586. The second-order valence-corrected chi connectivity index (χ2v) is 4.29. The molecule has 0 amide bonds. The molecule has 0 radical (unpaired) electrons. The van der Waals surface area contributed by atoms with Crippen molar-refractivity contribution in [2.75, 3.05) is 19.8 Å². The lowest BCUT2D eigenvalue weighted by atomic mass is 10.0. The van der Waals surface area contributed by atoms with E-state index in [4.69, 9.17) is 14.2 Å². The lowest BCUT2D eigenvalue weighted by molar-refractivity contribution is -0.159. The maximum absolute atomic E-state index is 11.9. The van der Waals surface area contributed by atoms with Gasteiger partial charge in [0.25, 0.3) is 0 Å². The van der Waals surface area contributed by atoms with Crippen molar-refractivity contribution < 1.29 is 19.0 Å². The highest BCUT2D eigenvalue weighted by atomic mass is 16.6. The minimum absolute atomic E-state index is 0.165. The summed E-state index contributed by atoms with van der Waals surface area (Å²) in [5.41, 5.74) is 1.04. The van der Waals surface area contributed by atoms with Crippen molar-refractivity contribution in [1.82, 2.24) is 0 Å². The van der Waals surface area contributed by atoms with Gasteiger partial charge in [-0.25, -0.2) is 4.79 Å². The highest BCUT2D eigenvalue weighted by Gasteiger charge is 2.25. The van der Waals surface area contributed by atoms with Crippen molar-refractivity contribution >= 4 is 5.97 Å². The fourth-order valence-electron chi connectivity index (χ4n) is 2.03. The van der Waals surface area contributed by atoms with Gasteiger partial charge in [-0.2, -0.15) is 0 Å². The number of ether oxygens (including phenoxy) is 3. The summed E-state index contributed by atoms with van der Waals surface area (Å²) >= 11 is 0. The van der Waals surface area contributed by atoms with E-state index in [9.17, 15) is 4.79 Å². The quantitative estimate of drug-likeness (QED) is 0.652. The molecule has 1 rings (SSSR count). The molecule has 1 aromatic carbocycles. The van der Waals surface area contributed by atoms with Crippen LogP contribution in [-0.2, 0) is 19.0 Å². The molecule has 2 unspecified atom stereocenters. The van der Waals surface area contributed by atoms with E-state index < -0.39 is 6.10 Å². The Labute approximate surface area is 121 Å². The molecule has 1 aromatic rings. The Morgan fingerprint density at radius 1 is 1.00 bits per heavy atom. The van der Waals surface area contributed by atoms with E-state index in [0.717, 1.165) is 5.56 Å². The predicted molar refractivity (Wildman–Crippen MR) is 77.5 cm³/mol. The Bertz CT molecular complexity index is 377. The summed E-state index contributed by atoms with van der Waals surface area (Å²) in [4.78, 5) is 11.9. The highest BCUT2D eigenvalue weighted by Crippen LogP contribution is 2.24. The number of benzene rings is 1. The molecule has 0 bridgehead atoms. The number of esters is 1. The van der Waals surface area contributed by atoms with Crippen LogP contribution in [0.1, 0.15) is 38.9 Å². The molecule has 0 spiro atoms. The smallest absolute Gasteiger partial charge is 0.335 e. The first-order valence-corrected chi connectivity index (χ1v) is 7.17. The Morgan fingerprint density at radius 2 is 1.65 bits per heavy atom. The molecule has 2 atom stereocenters. The summed E-state index contributed by atoms with van der Waals surface area (Å²) in [5.74, 6) is -0.324. The fraction of sp³-hybridized carbons (Fsp3) is 0.562. The number of hydrogen-bond acceptors (Lipinski definition) is 4. The highest BCUT2D eigenvalue weighted by molar-refractivity contribution is 5.74. The second-order valence-electron chi connectivity index (χ2n) is 4.29. The lowest BCUT2D eigenvalue weighted by Crippen LogP contribution is -2.29. The van der Waals surface area contributed by atoms with Gasteiger partial charge in [-0.15, -0.1) is 0 Å². The van der Waals surface area contributed by atoms with Crippen LogP contribution in [0.25, 0.3) is 0 Å². The number of carbonyl (C=O) groups is 1. The number of carbonyl (C=O) groups excluding carboxylic acids is 1. The normalized spacial score (nSPS) is 13.8. The van der Waals surface area contributed by atoms with Crippen LogP contribution in [0.2, 0.25) is 0 Å². The Kier molecular flexibility index (Phi) is 7.92. The van der Waals surface area contributed by atoms with E-state index in [-0.39, 0.29) is 12.1 Å². The summed E-state index contributed by atoms with van der Waals surface area (Å²) < 4.78 is 16.3. The molecule has 0 aromatic heterocycles. The van der Waals surface area contributed by atoms with Crippen molar-refractivity contribution in [2.24, 2.45) is 0 Å². The molecule has 4 nitrogen and oxygen atoms in total. The van der Waals surface area contributed by atoms with E-state index in [1.165, 1.54) is 0 Å². The standard InChI is InChI=1S/C16H24O4/c1-4-18-14(13-10-8-7-9-11-13)12-15(19-5-2)16(17)20-6-3/h7-11,14-15H,4-6,12H2,1-3H3. The molecular formula is C16H24O4. The van der Waals surface area contributed by atoms with Gasteiger partial charge in [-0.3, -0.25) is 0 Å². The molecular weight excluding hydrogens is 256 g/mol. The van der Waals surface area contributed by atoms with Crippen molar-refractivity contribution in [1.29, 1.82) is 0 Å². The Balaban J connectivity index is 2.77. The Morgan fingerprint density at radius 3 is 2.20 bits per heavy atom. The third-order valence-electron chi connectivity index (χ3n) is 2.88. The first kappa shape index (κ1) is 16.7. The van der Waals surface area contributed by atoms with E-state index >= 15 is 0 Å². The summed E-state index contributed by atoms with van der Waals surface area (Å²) in [6.45, 7) is 7.00. The van der Waals surface area contributed by atoms with E-state index in [2.05, 4.69) is 0 Å². The Hall–Kier alpha value is -1.39. The van der Waals surface area contributed by atoms with Gasteiger partial charge in [0.1, 0.15) is 0 Å². The van der Waals surface area contributed by atoms with Gasteiger partial charge in [0.2, 0.25) is 0 Å². The molecule has 0 N–H and O–H groups in total. The van der Waals surface area contributed by atoms with Crippen molar-refractivity contribution in [3.05, 3.63) is 35.9 Å². The molecule has 112 valence electrons. The minimum Gasteiger partial charge on any atom is -0.464 e. The van der Waals surface area contributed by atoms with Crippen LogP contribution < -0.4 is 0 Å². The van der Waals surface area contributed by atoms with Crippen LogP contribution in [0.4, 0.5) is 0 Å². The third-order valence-corrected chi connectivity index (χ3v) is 2.88. The molecule has 20 heavy (non-hydrogen) atoms. The molecule has 0 saturated carbocycles. The van der Waals surface area contributed by atoms with Crippen LogP contribution >= 0.6 is 0 Å². The van der Waals surface area contributed by atoms with Gasteiger partial charge in [0.15, 0.2) is 6.10 Å². The second kappa shape index (κ2) is 9.50. The van der Waals surface area contributed by atoms with Gasteiger partial charge in [-0.05, 0) is 26.3 Å². The van der Waals surface area contributed by atoms with Crippen LogP contribution in [0.5, 0.6) is 0 Å². The van der Waals surface area contributed by atoms with Gasteiger partial charge in [0.05, 0.1) is 12.7 Å². The average molecular weight is 280 g/mol. The predicted octanol–water partition coefficient (Wildman–Crippen LogP) is 3.12. The van der Waals surface area contributed by atoms with Crippen LogP contribution in [-0.4, -0.2) is 31.9 Å². The third kappa shape index (κ3) is 5.31. The largest absolute Gasteiger partial charge is 0.464 e. The topological polar surface area (TPSA) is 44.8 Å². The summed E-state index contributed by atoms with van der Waals surface area (Å²) in [7, 11) is 0. The van der Waals surface area contributed by atoms with Gasteiger partial charge >= 0.3 is 5.97 Å². The van der Waals surface area contributed by atoms with Crippen LogP contribution in [0.15, 0.2) is 30.3 Å². The SMILES string of the molecule is CCOC(=O)C(CC(OCC)c1ccccc1)OCC. The van der Waals surface area contributed by atoms with E-state index in [0.29, 0.717) is 26.2 Å². The number of hydrogen-bond donors (Lipinski definition) is 0. The lowest BCUT2D eigenvalue weighted by Gasteiger charge is -2.22. The average Bonchev–Trinajstić information content (AvgIpc) is 2.47. The van der Waals surface area contributed by atoms with Crippen LogP contribution in [0.3, 0.4) is 0 Å².